The first kappa shape index (κ1) is 12.7. The quantitative estimate of drug-likeness (QED) is 0.557. The summed E-state index contributed by atoms with van der Waals surface area (Å²) in [6.45, 7) is 9.22. The van der Waals surface area contributed by atoms with Crippen LogP contribution in [0.3, 0.4) is 0 Å². The van der Waals surface area contributed by atoms with Crippen LogP contribution in [0.25, 0.3) is 0 Å². The summed E-state index contributed by atoms with van der Waals surface area (Å²) >= 11 is 0. The van der Waals surface area contributed by atoms with Crippen LogP contribution in [0, 0.1) is 11.8 Å². The Morgan fingerprint density at radius 3 is 1.40 bits per heavy atom. The van der Waals surface area contributed by atoms with Crippen molar-refractivity contribution < 1.29 is 0 Å². The molecule has 0 heteroatoms. The van der Waals surface area contributed by atoms with Crippen molar-refractivity contribution in [1.82, 2.24) is 0 Å². The molecule has 64 valence electrons. The van der Waals surface area contributed by atoms with Crippen LogP contribution in [0.1, 0.15) is 54.4 Å². The van der Waals surface area contributed by atoms with Gasteiger partial charge in [0.1, 0.15) is 0 Å². The standard InChI is InChI=1S/C9H20.CH4/c1-5-8(3)7-9(4)6-2;/h8-9H,5-7H2,1-4H3;1H4. The van der Waals surface area contributed by atoms with Gasteiger partial charge in [-0.05, 0) is 18.3 Å². The lowest BCUT2D eigenvalue weighted by atomic mass is 9.94. The molecule has 0 saturated carbocycles. The van der Waals surface area contributed by atoms with Gasteiger partial charge in [0, 0.05) is 0 Å². The van der Waals surface area contributed by atoms with Crippen molar-refractivity contribution in [3.05, 3.63) is 0 Å². The lowest BCUT2D eigenvalue weighted by molar-refractivity contribution is 0.397. The molecule has 0 N–H and O–H groups in total. The maximum atomic E-state index is 2.34. The zero-order chi connectivity index (χ0) is 7.28. The van der Waals surface area contributed by atoms with Crippen LogP contribution in [0.15, 0.2) is 0 Å². The average molecular weight is 144 g/mol. The molecular weight excluding hydrogens is 120 g/mol. The van der Waals surface area contributed by atoms with Gasteiger partial charge in [-0.3, -0.25) is 0 Å². The van der Waals surface area contributed by atoms with E-state index in [9.17, 15) is 0 Å². The maximum absolute atomic E-state index is 2.34. The van der Waals surface area contributed by atoms with Gasteiger partial charge in [-0.1, -0.05) is 48.0 Å². The van der Waals surface area contributed by atoms with Crippen LogP contribution in [-0.4, -0.2) is 0 Å². The molecule has 0 spiro atoms. The summed E-state index contributed by atoms with van der Waals surface area (Å²) in [5.41, 5.74) is 0. The van der Waals surface area contributed by atoms with Crippen LogP contribution >= 0.6 is 0 Å². The summed E-state index contributed by atoms with van der Waals surface area (Å²) in [6, 6.07) is 0. The Morgan fingerprint density at radius 1 is 0.900 bits per heavy atom. The van der Waals surface area contributed by atoms with Gasteiger partial charge in [0.25, 0.3) is 0 Å². The summed E-state index contributed by atoms with van der Waals surface area (Å²) in [5, 5.41) is 0. The minimum absolute atomic E-state index is 0. The molecule has 0 aromatic heterocycles. The van der Waals surface area contributed by atoms with Gasteiger partial charge in [0.2, 0.25) is 0 Å². The van der Waals surface area contributed by atoms with Crippen LogP contribution in [0.2, 0.25) is 0 Å². The van der Waals surface area contributed by atoms with E-state index in [2.05, 4.69) is 27.7 Å². The number of hydrogen-bond donors (Lipinski definition) is 0. The summed E-state index contributed by atoms with van der Waals surface area (Å²) in [6.07, 6.45) is 4.08. The smallest absolute Gasteiger partial charge is 0.0443 e. The molecular formula is C10H24. The van der Waals surface area contributed by atoms with Crippen molar-refractivity contribution in [2.24, 2.45) is 11.8 Å². The van der Waals surface area contributed by atoms with Crippen LogP contribution in [-0.2, 0) is 0 Å². The summed E-state index contributed by atoms with van der Waals surface area (Å²) in [4.78, 5) is 0. The second-order valence-corrected chi connectivity index (χ2v) is 3.26. The van der Waals surface area contributed by atoms with Gasteiger partial charge in [-0.15, -0.1) is 0 Å². The predicted molar refractivity (Wildman–Crippen MR) is 50.3 cm³/mol. The lowest BCUT2D eigenvalue weighted by Gasteiger charge is -2.12. The van der Waals surface area contributed by atoms with Crippen molar-refractivity contribution in [3.8, 4) is 0 Å². The third-order valence-corrected chi connectivity index (χ3v) is 2.20. The van der Waals surface area contributed by atoms with E-state index in [4.69, 9.17) is 0 Å². The third-order valence-electron chi connectivity index (χ3n) is 2.20. The van der Waals surface area contributed by atoms with Gasteiger partial charge in [0.05, 0.1) is 0 Å². The Kier molecular flexibility index (Phi) is 9.00. The summed E-state index contributed by atoms with van der Waals surface area (Å²) in [5.74, 6) is 1.86. The molecule has 2 atom stereocenters. The molecule has 0 aromatic carbocycles. The average Bonchev–Trinajstić information content (AvgIpc) is 1.87. The second-order valence-electron chi connectivity index (χ2n) is 3.26. The number of rotatable bonds is 4. The van der Waals surface area contributed by atoms with Gasteiger partial charge in [-0.25, -0.2) is 0 Å². The van der Waals surface area contributed by atoms with E-state index in [0.717, 1.165) is 11.8 Å². The molecule has 0 amide bonds. The van der Waals surface area contributed by atoms with Crippen LogP contribution < -0.4 is 0 Å². The van der Waals surface area contributed by atoms with E-state index >= 15 is 0 Å². The summed E-state index contributed by atoms with van der Waals surface area (Å²) < 4.78 is 0. The zero-order valence-corrected chi connectivity index (χ0v) is 7.28. The number of hydrogen-bond acceptors (Lipinski definition) is 0. The van der Waals surface area contributed by atoms with Crippen molar-refractivity contribution in [1.29, 1.82) is 0 Å². The Balaban J connectivity index is 0. The Labute approximate surface area is 67.0 Å². The molecule has 0 rings (SSSR count). The van der Waals surface area contributed by atoms with Crippen molar-refractivity contribution in [2.75, 3.05) is 0 Å². The molecule has 0 saturated heterocycles. The largest absolute Gasteiger partial charge is 0.0776 e. The first-order valence-corrected chi connectivity index (χ1v) is 4.20. The first-order chi connectivity index (χ1) is 4.20. The molecule has 0 heterocycles. The Hall–Kier alpha value is 0. The molecule has 0 aliphatic heterocycles. The lowest BCUT2D eigenvalue weighted by Crippen LogP contribution is -2.00. The molecule has 2 unspecified atom stereocenters. The fraction of sp³-hybridized carbons (Fsp3) is 1.00. The fourth-order valence-electron chi connectivity index (χ4n) is 1.02. The highest BCUT2D eigenvalue weighted by molar-refractivity contribution is 4.55. The van der Waals surface area contributed by atoms with Crippen molar-refractivity contribution in [3.63, 3.8) is 0 Å². The highest BCUT2D eigenvalue weighted by Gasteiger charge is 2.03. The van der Waals surface area contributed by atoms with E-state index < -0.39 is 0 Å². The monoisotopic (exact) mass is 144 g/mol. The molecule has 0 radical (unpaired) electrons. The highest BCUT2D eigenvalue weighted by atomic mass is 14.1. The topological polar surface area (TPSA) is 0 Å². The van der Waals surface area contributed by atoms with Crippen molar-refractivity contribution >= 4 is 0 Å². The predicted octanol–water partition coefficient (Wildman–Crippen LogP) is 4.10. The molecule has 0 aliphatic carbocycles. The molecule has 10 heavy (non-hydrogen) atoms. The van der Waals surface area contributed by atoms with E-state index in [1.165, 1.54) is 19.3 Å². The summed E-state index contributed by atoms with van der Waals surface area (Å²) in [7, 11) is 0. The van der Waals surface area contributed by atoms with Gasteiger partial charge in [-0.2, -0.15) is 0 Å². The third kappa shape index (κ3) is 6.12. The van der Waals surface area contributed by atoms with E-state index in [1.54, 1.807) is 0 Å². The van der Waals surface area contributed by atoms with Crippen molar-refractivity contribution in [2.45, 2.75) is 54.4 Å². The molecule has 0 fully saturated rings. The highest BCUT2D eigenvalue weighted by Crippen LogP contribution is 2.16. The fourth-order valence-corrected chi connectivity index (χ4v) is 1.02. The Morgan fingerprint density at radius 2 is 1.20 bits per heavy atom. The zero-order valence-electron chi connectivity index (χ0n) is 7.28. The van der Waals surface area contributed by atoms with E-state index in [0.29, 0.717) is 0 Å². The maximum Gasteiger partial charge on any atom is -0.0443 e. The minimum atomic E-state index is 0. The second kappa shape index (κ2) is 7.11. The minimum Gasteiger partial charge on any atom is -0.0776 e. The van der Waals surface area contributed by atoms with Crippen LogP contribution in [0.5, 0.6) is 0 Å². The molecule has 0 nitrogen and oxygen atoms in total. The molecule has 0 bridgehead atoms. The van der Waals surface area contributed by atoms with E-state index in [-0.39, 0.29) is 7.43 Å². The molecule has 0 aromatic rings. The van der Waals surface area contributed by atoms with Gasteiger partial charge >= 0.3 is 0 Å². The van der Waals surface area contributed by atoms with Crippen LogP contribution in [0.4, 0.5) is 0 Å². The Bertz CT molecular complexity index is 49.1. The normalized spacial score (nSPS) is 15.6. The van der Waals surface area contributed by atoms with Gasteiger partial charge < -0.3 is 0 Å². The SMILES string of the molecule is C.CCC(C)CC(C)CC. The first-order valence-electron chi connectivity index (χ1n) is 4.20. The van der Waals surface area contributed by atoms with Gasteiger partial charge in [0.15, 0.2) is 0 Å². The molecule has 0 aliphatic rings. The van der Waals surface area contributed by atoms with E-state index in [1.807, 2.05) is 0 Å².